The van der Waals surface area contributed by atoms with Gasteiger partial charge in [0.25, 0.3) is 0 Å². The van der Waals surface area contributed by atoms with Crippen LogP contribution in [-0.2, 0) is 14.3 Å². The Labute approximate surface area is 111 Å². The lowest BCUT2D eigenvalue weighted by atomic mass is 9.88. The number of carbonyl (C=O) groups excluding carboxylic acids is 2. The van der Waals surface area contributed by atoms with Gasteiger partial charge in [-0.15, -0.1) is 11.8 Å². The van der Waals surface area contributed by atoms with Gasteiger partial charge in [-0.05, 0) is 27.7 Å². The fourth-order valence-electron chi connectivity index (χ4n) is 2.69. The molecule has 2 aliphatic heterocycles. The fraction of sp³-hybridized carbons (Fsp3) is 0.833. The minimum atomic E-state index is -0.678. The average molecular weight is 273 g/mol. The molecule has 1 N–H and O–H groups in total. The van der Waals surface area contributed by atoms with Crippen LogP contribution in [0.5, 0.6) is 0 Å². The van der Waals surface area contributed by atoms with E-state index in [-0.39, 0.29) is 22.0 Å². The molecule has 0 aromatic heterocycles. The van der Waals surface area contributed by atoms with Crippen molar-refractivity contribution in [3.63, 3.8) is 0 Å². The molecule has 0 bridgehead atoms. The largest absolute Gasteiger partial charge is 0.464 e. The Kier molecular flexibility index (Phi) is 3.36. The van der Waals surface area contributed by atoms with Gasteiger partial charge in [0, 0.05) is 4.75 Å². The number of fused-ring (bicyclic) bond motifs is 1. The highest BCUT2D eigenvalue weighted by atomic mass is 32.2. The van der Waals surface area contributed by atoms with E-state index >= 15 is 0 Å². The fourth-order valence-corrected chi connectivity index (χ4v) is 4.48. The molecule has 2 heterocycles. The monoisotopic (exact) mass is 273 g/mol. The number of amides is 1. The molecule has 2 fully saturated rings. The second-order valence-electron chi connectivity index (χ2n) is 5.28. The van der Waals surface area contributed by atoms with Crippen LogP contribution in [0.2, 0.25) is 0 Å². The van der Waals surface area contributed by atoms with Gasteiger partial charge in [0.1, 0.15) is 6.04 Å². The van der Waals surface area contributed by atoms with E-state index in [4.69, 9.17) is 4.74 Å². The van der Waals surface area contributed by atoms with E-state index in [1.165, 1.54) is 0 Å². The van der Waals surface area contributed by atoms with E-state index in [0.29, 0.717) is 6.61 Å². The number of thioether (sulfide) groups is 1. The van der Waals surface area contributed by atoms with E-state index in [9.17, 15) is 14.7 Å². The maximum atomic E-state index is 12.0. The van der Waals surface area contributed by atoms with Gasteiger partial charge in [0.15, 0.2) is 0 Å². The topological polar surface area (TPSA) is 66.8 Å². The lowest BCUT2D eigenvalue weighted by Crippen LogP contribution is -2.65. The van der Waals surface area contributed by atoms with E-state index in [0.717, 1.165) is 0 Å². The van der Waals surface area contributed by atoms with Gasteiger partial charge < -0.3 is 14.7 Å². The van der Waals surface area contributed by atoms with Crippen LogP contribution in [-0.4, -0.2) is 50.8 Å². The van der Waals surface area contributed by atoms with Crippen LogP contribution in [0.4, 0.5) is 0 Å². The number of aliphatic hydroxyl groups is 1. The van der Waals surface area contributed by atoms with Crippen LogP contribution in [0.1, 0.15) is 27.7 Å². The summed E-state index contributed by atoms with van der Waals surface area (Å²) in [6.45, 7) is 7.54. The molecule has 1 amide bonds. The lowest BCUT2D eigenvalue weighted by Gasteiger charge is -2.45. The normalized spacial score (nSPS) is 34.8. The third kappa shape index (κ3) is 1.82. The third-order valence-corrected chi connectivity index (χ3v) is 5.10. The molecule has 0 aromatic rings. The number of rotatable bonds is 3. The number of ether oxygens (including phenoxy) is 1. The number of hydrogen-bond acceptors (Lipinski definition) is 5. The molecule has 0 aromatic carbocycles. The molecule has 0 aliphatic carbocycles. The molecule has 2 saturated heterocycles. The standard InChI is InChI=1S/C12H19NO4S/c1-5-17-11(16)8-12(3,4)18-10-7(6(2)14)9(15)13(8)10/h6-8,10,14H,5H2,1-4H3/t6?,7-,8+,10-/m1/s1. The van der Waals surface area contributed by atoms with E-state index in [1.807, 2.05) is 13.8 Å². The Morgan fingerprint density at radius 3 is 2.72 bits per heavy atom. The van der Waals surface area contributed by atoms with Gasteiger partial charge in [0.2, 0.25) is 5.91 Å². The number of esters is 1. The molecule has 4 atom stereocenters. The summed E-state index contributed by atoms with van der Waals surface area (Å²) in [4.78, 5) is 25.6. The minimum Gasteiger partial charge on any atom is -0.464 e. The van der Waals surface area contributed by atoms with E-state index < -0.39 is 18.1 Å². The summed E-state index contributed by atoms with van der Waals surface area (Å²) in [6.07, 6.45) is -0.678. The zero-order valence-corrected chi connectivity index (χ0v) is 11.9. The summed E-state index contributed by atoms with van der Waals surface area (Å²) in [7, 11) is 0. The van der Waals surface area contributed by atoms with Crippen LogP contribution in [0.15, 0.2) is 0 Å². The SMILES string of the molecule is CCOC(=O)[C@@H]1N2C(=O)[C@@H](C(C)O)[C@H]2SC1(C)C. The lowest BCUT2D eigenvalue weighted by molar-refractivity contribution is -0.170. The molecule has 2 aliphatic rings. The van der Waals surface area contributed by atoms with Crippen molar-refractivity contribution < 1.29 is 19.4 Å². The highest BCUT2D eigenvalue weighted by Crippen LogP contribution is 2.54. The van der Waals surface area contributed by atoms with Gasteiger partial charge in [-0.25, -0.2) is 4.79 Å². The summed E-state index contributed by atoms with van der Waals surface area (Å²) in [5.74, 6) is -0.894. The average Bonchev–Trinajstić information content (AvgIpc) is 2.46. The van der Waals surface area contributed by atoms with Crippen molar-refractivity contribution in [3.05, 3.63) is 0 Å². The molecular formula is C12H19NO4S. The van der Waals surface area contributed by atoms with Gasteiger partial charge in [0.05, 0.1) is 24.0 Å². The van der Waals surface area contributed by atoms with Crippen LogP contribution in [0, 0.1) is 5.92 Å². The molecule has 0 saturated carbocycles. The highest BCUT2D eigenvalue weighted by molar-refractivity contribution is 8.01. The first-order valence-electron chi connectivity index (χ1n) is 6.16. The number of aliphatic hydroxyl groups excluding tert-OH is 1. The van der Waals surface area contributed by atoms with Gasteiger partial charge >= 0.3 is 5.97 Å². The first kappa shape index (κ1) is 13.7. The maximum Gasteiger partial charge on any atom is 0.330 e. The van der Waals surface area contributed by atoms with Gasteiger partial charge in [-0.1, -0.05) is 0 Å². The Morgan fingerprint density at radius 2 is 2.22 bits per heavy atom. The van der Waals surface area contributed by atoms with Crippen molar-refractivity contribution in [2.75, 3.05) is 6.61 Å². The van der Waals surface area contributed by atoms with Crippen LogP contribution in [0.3, 0.4) is 0 Å². The highest BCUT2D eigenvalue weighted by Gasteiger charge is 2.64. The Balaban J connectivity index is 2.22. The van der Waals surface area contributed by atoms with E-state index in [1.54, 1.807) is 30.5 Å². The molecule has 18 heavy (non-hydrogen) atoms. The summed E-state index contributed by atoms with van der Waals surface area (Å²) in [5, 5.41) is 9.50. The predicted molar refractivity (Wildman–Crippen MR) is 67.9 cm³/mol. The minimum absolute atomic E-state index is 0.109. The van der Waals surface area contributed by atoms with Crippen LogP contribution >= 0.6 is 11.8 Å². The molecule has 6 heteroatoms. The molecule has 0 spiro atoms. The van der Waals surface area contributed by atoms with Crippen molar-refractivity contribution >= 4 is 23.6 Å². The number of nitrogens with zero attached hydrogens (tertiary/aromatic N) is 1. The quantitative estimate of drug-likeness (QED) is 0.603. The number of β-lactam (4-membered cyclic amide) rings is 1. The summed E-state index contributed by atoms with van der Waals surface area (Å²) in [6, 6.07) is -0.546. The molecule has 1 unspecified atom stereocenters. The van der Waals surface area contributed by atoms with Crippen molar-refractivity contribution in [3.8, 4) is 0 Å². The predicted octanol–water partition coefficient (Wildman–Crippen LogP) is 0.609. The van der Waals surface area contributed by atoms with Crippen molar-refractivity contribution in [1.29, 1.82) is 0 Å². The second kappa shape index (κ2) is 4.42. The van der Waals surface area contributed by atoms with Crippen molar-refractivity contribution in [1.82, 2.24) is 4.90 Å². The Hall–Kier alpha value is -0.750. The summed E-state index contributed by atoms with van der Waals surface area (Å²) >= 11 is 1.56. The van der Waals surface area contributed by atoms with Crippen molar-refractivity contribution in [2.24, 2.45) is 5.92 Å². The summed E-state index contributed by atoms with van der Waals surface area (Å²) in [5.41, 5.74) is 0. The Bertz CT molecular complexity index is 382. The molecule has 0 radical (unpaired) electrons. The molecule has 102 valence electrons. The van der Waals surface area contributed by atoms with Crippen LogP contribution in [0.25, 0.3) is 0 Å². The zero-order valence-electron chi connectivity index (χ0n) is 11.0. The van der Waals surface area contributed by atoms with Gasteiger partial charge in [-0.3, -0.25) is 4.79 Å². The molecular weight excluding hydrogens is 254 g/mol. The zero-order chi connectivity index (χ0) is 13.7. The summed E-state index contributed by atoms with van der Waals surface area (Å²) < 4.78 is 4.67. The number of hydrogen-bond donors (Lipinski definition) is 1. The van der Waals surface area contributed by atoms with E-state index in [2.05, 4.69) is 0 Å². The second-order valence-corrected chi connectivity index (χ2v) is 7.05. The van der Waals surface area contributed by atoms with Gasteiger partial charge in [-0.2, -0.15) is 0 Å². The maximum absolute atomic E-state index is 12.0. The van der Waals surface area contributed by atoms with Crippen molar-refractivity contribution in [2.45, 2.75) is 50.0 Å². The smallest absolute Gasteiger partial charge is 0.330 e. The number of carbonyl (C=O) groups is 2. The van der Waals surface area contributed by atoms with Crippen LogP contribution < -0.4 is 0 Å². The first-order chi connectivity index (χ1) is 8.31. The molecule has 5 nitrogen and oxygen atoms in total. The third-order valence-electron chi connectivity index (χ3n) is 3.51. The Morgan fingerprint density at radius 1 is 1.61 bits per heavy atom. The first-order valence-corrected chi connectivity index (χ1v) is 7.04. The molecule has 2 rings (SSSR count).